The SMILES string of the molecule is CC(C)Cc1ccc(-c2cc3cc(CNC(C)C(=O)O)ccc3s2)cc1C(F)(F)F. The molecule has 30 heavy (non-hydrogen) atoms. The van der Waals surface area contributed by atoms with Crippen molar-refractivity contribution < 1.29 is 23.1 Å². The molecule has 1 atom stereocenters. The van der Waals surface area contributed by atoms with Crippen LogP contribution in [0.5, 0.6) is 0 Å². The summed E-state index contributed by atoms with van der Waals surface area (Å²) >= 11 is 1.45. The van der Waals surface area contributed by atoms with Gasteiger partial charge < -0.3 is 10.4 Å². The molecule has 0 saturated heterocycles. The molecule has 0 aliphatic rings. The predicted molar refractivity (Wildman–Crippen MR) is 115 cm³/mol. The minimum Gasteiger partial charge on any atom is -0.480 e. The van der Waals surface area contributed by atoms with Gasteiger partial charge in [-0.05, 0) is 65.6 Å². The molecule has 3 nitrogen and oxygen atoms in total. The van der Waals surface area contributed by atoms with E-state index in [1.165, 1.54) is 17.4 Å². The number of nitrogens with one attached hydrogen (secondary N) is 1. The van der Waals surface area contributed by atoms with Crippen LogP contribution in [-0.2, 0) is 23.9 Å². The maximum Gasteiger partial charge on any atom is 0.416 e. The lowest BCUT2D eigenvalue weighted by Gasteiger charge is -2.15. The number of benzene rings is 2. The van der Waals surface area contributed by atoms with Gasteiger partial charge in [-0.3, -0.25) is 4.79 Å². The highest BCUT2D eigenvalue weighted by molar-refractivity contribution is 7.22. The number of fused-ring (bicyclic) bond motifs is 1. The van der Waals surface area contributed by atoms with E-state index in [-0.39, 0.29) is 5.92 Å². The minimum absolute atomic E-state index is 0.136. The average molecular weight is 436 g/mol. The summed E-state index contributed by atoms with van der Waals surface area (Å²) in [6.45, 7) is 5.79. The Morgan fingerprint density at radius 1 is 1.10 bits per heavy atom. The Bertz CT molecular complexity index is 1060. The quantitative estimate of drug-likeness (QED) is 0.455. The van der Waals surface area contributed by atoms with E-state index in [4.69, 9.17) is 5.11 Å². The highest BCUT2D eigenvalue weighted by Crippen LogP contribution is 2.39. The summed E-state index contributed by atoms with van der Waals surface area (Å²) in [7, 11) is 0. The van der Waals surface area contributed by atoms with E-state index in [2.05, 4.69) is 5.32 Å². The molecule has 2 N–H and O–H groups in total. The molecule has 1 heterocycles. The lowest BCUT2D eigenvalue weighted by atomic mass is 9.95. The van der Waals surface area contributed by atoms with Crippen LogP contribution in [0.25, 0.3) is 20.5 Å². The second-order valence-electron chi connectivity index (χ2n) is 7.89. The number of alkyl halides is 3. The van der Waals surface area contributed by atoms with Gasteiger partial charge in [0.15, 0.2) is 0 Å². The van der Waals surface area contributed by atoms with Crippen LogP contribution in [0, 0.1) is 5.92 Å². The fraction of sp³-hybridized carbons (Fsp3) is 0.348. The second kappa shape index (κ2) is 8.78. The third-order valence-corrected chi connectivity index (χ3v) is 6.06. The Morgan fingerprint density at radius 3 is 2.47 bits per heavy atom. The van der Waals surface area contributed by atoms with E-state index in [0.29, 0.717) is 24.1 Å². The van der Waals surface area contributed by atoms with Crippen molar-refractivity contribution in [2.45, 2.75) is 46.0 Å². The van der Waals surface area contributed by atoms with Crippen LogP contribution in [-0.4, -0.2) is 17.1 Å². The highest BCUT2D eigenvalue weighted by Gasteiger charge is 2.33. The molecular weight excluding hydrogens is 411 g/mol. The van der Waals surface area contributed by atoms with Gasteiger partial charge in [0.25, 0.3) is 0 Å². The third kappa shape index (κ3) is 5.21. The van der Waals surface area contributed by atoms with Crippen LogP contribution < -0.4 is 5.32 Å². The number of hydrogen-bond donors (Lipinski definition) is 2. The van der Waals surface area contributed by atoms with Crippen LogP contribution in [0.2, 0.25) is 0 Å². The van der Waals surface area contributed by atoms with Crippen molar-refractivity contribution in [2.24, 2.45) is 5.92 Å². The maximum atomic E-state index is 13.6. The maximum absolute atomic E-state index is 13.6. The Labute approximate surface area is 177 Å². The number of carboxylic acid groups (broad SMARTS) is 1. The van der Waals surface area contributed by atoms with Crippen LogP contribution in [0.1, 0.15) is 37.5 Å². The summed E-state index contributed by atoms with van der Waals surface area (Å²) in [4.78, 5) is 11.7. The van der Waals surface area contributed by atoms with Gasteiger partial charge in [0.05, 0.1) is 5.56 Å². The molecule has 3 rings (SSSR count). The normalized spacial score (nSPS) is 13.2. The van der Waals surface area contributed by atoms with Gasteiger partial charge in [0, 0.05) is 16.1 Å². The molecule has 0 bridgehead atoms. The summed E-state index contributed by atoms with van der Waals surface area (Å²) in [5.74, 6) is -0.785. The van der Waals surface area contributed by atoms with Crippen molar-refractivity contribution in [1.82, 2.24) is 5.32 Å². The first-order valence-electron chi connectivity index (χ1n) is 9.73. The molecule has 1 aromatic heterocycles. The van der Waals surface area contributed by atoms with Crippen molar-refractivity contribution in [1.29, 1.82) is 0 Å². The topological polar surface area (TPSA) is 49.3 Å². The number of thiophene rings is 1. The average Bonchev–Trinajstić information content (AvgIpc) is 3.08. The molecule has 0 amide bonds. The van der Waals surface area contributed by atoms with Crippen molar-refractivity contribution in [3.63, 3.8) is 0 Å². The molecule has 2 aromatic carbocycles. The Hall–Kier alpha value is -2.38. The standard InChI is InChI=1S/C23H24F3NO2S/c1-13(2)8-16-5-6-17(10-19(16)23(24,25)26)21-11-18-9-15(4-7-20(18)30-21)12-27-14(3)22(28)29/h4-7,9-11,13-14,27H,8,12H2,1-3H3,(H,28,29). The van der Waals surface area contributed by atoms with E-state index in [9.17, 15) is 18.0 Å². The first-order chi connectivity index (χ1) is 14.0. The summed E-state index contributed by atoms with van der Waals surface area (Å²) in [5.41, 5.74) is 1.22. The molecule has 0 fully saturated rings. The summed E-state index contributed by atoms with van der Waals surface area (Å²) < 4.78 is 41.8. The van der Waals surface area contributed by atoms with Gasteiger partial charge in [0.2, 0.25) is 0 Å². The van der Waals surface area contributed by atoms with Gasteiger partial charge in [-0.15, -0.1) is 11.3 Å². The Kier molecular flexibility index (Phi) is 6.53. The van der Waals surface area contributed by atoms with Gasteiger partial charge in [-0.25, -0.2) is 0 Å². The van der Waals surface area contributed by atoms with Crippen molar-refractivity contribution in [2.75, 3.05) is 0 Å². The molecule has 160 valence electrons. The van der Waals surface area contributed by atoms with Crippen LogP contribution in [0.4, 0.5) is 13.2 Å². The second-order valence-corrected chi connectivity index (χ2v) is 8.98. The van der Waals surface area contributed by atoms with Gasteiger partial charge >= 0.3 is 12.1 Å². The summed E-state index contributed by atoms with van der Waals surface area (Å²) in [5, 5.41) is 12.8. The number of hydrogen-bond acceptors (Lipinski definition) is 3. The van der Waals surface area contributed by atoms with Crippen LogP contribution >= 0.6 is 11.3 Å². The number of carbonyl (C=O) groups is 1. The molecular formula is C23H24F3NO2S. The van der Waals surface area contributed by atoms with E-state index in [1.807, 2.05) is 38.1 Å². The third-order valence-electron chi connectivity index (χ3n) is 4.89. The zero-order valence-corrected chi connectivity index (χ0v) is 17.8. The molecule has 0 radical (unpaired) electrons. The fourth-order valence-corrected chi connectivity index (χ4v) is 4.35. The van der Waals surface area contributed by atoms with Crippen molar-refractivity contribution in [3.8, 4) is 10.4 Å². The van der Waals surface area contributed by atoms with Gasteiger partial charge in [-0.2, -0.15) is 13.2 Å². The van der Waals surface area contributed by atoms with Crippen molar-refractivity contribution in [3.05, 3.63) is 59.2 Å². The fourth-order valence-electron chi connectivity index (χ4n) is 3.31. The van der Waals surface area contributed by atoms with Crippen LogP contribution in [0.3, 0.4) is 0 Å². The van der Waals surface area contributed by atoms with E-state index < -0.39 is 23.8 Å². The van der Waals surface area contributed by atoms with E-state index in [0.717, 1.165) is 20.5 Å². The lowest BCUT2D eigenvalue weighted by Crippen LogP contribution is -2.33. The largest absolute Gasteiger partial charge is 0.480 e. The highest BCUT2D eigenvalue weighted by atomic mass is 32.1. The lowest BCUT2D eigenvalue weighted by molar-refractivity contribution is -0.139. The summed E-state index contributed by atoms with van der Waals surface area (Å²) in [6, 6.07) is 11.6. The number of rotatable bonds is 7. The first-order valence-corrected chi connectivity index (χ1v) is 10.6. The number of aliphatic carboxylic acids is 1. The Balaban J connectivity index is 1.92. The molecule has 7 heteroatoms. The molecule has 3 aromatic rings. The first kappa shape index (κ1) is 22.3. The van der Waals surface area contributed by atoms with E-state index in [1.54, 1.807) is 19.1 Å². The zero-order chi connectivity index (χ0) is 22.1. The van der Waals surface area contributed by atoms with E-state index >= 15 is 0 Å². The number of carboxylic acids is 1. The van der Waals surface area contributed by atoms with Crippen molar-refractivity contribution >= 4 is 27.4 Å². The molecule has 0 aliphatic heterocycles. The minimum atomic E-state index is -4.39. The zero-order valence-electron chi connectivity index (χ0n) is 17.0. The summed E-state index contributed by atoms with van der Waals surface area (Å²) in [6.07, 6.45) is -4.01. The molecule has 0 spiro atoms. The molecule has 1 unspecified atom stereocenters. The predicted octanol–water partition coefficient (Wildman–Crippen LogP) is 6.35. The molecule has 0 saturated carbocycles. The number of halogens is 3. The van der Waals surface area contributed by atoms with Gasteiger partial charge in [-0.1, -0.05) is 32.0 Å². The Morgan fingerprint density at radius 2 is 1.83 bits per heavy atom. The monoisotopic (exact) mass is 435 g/mol. The molecule has 0 aliphatic carbocycles. The van der Waals surface area contributed by atoms with Gasteiger partial charge in [0.1, 0.15) is 6.04 Å². The van der Waals surface area contributed by atoms with Crippen LogP contribution in [0.15, 0.2) is 42.5 Å². The smallest absolute Gasteiger partial charge is 0.416 e.